The average Bonchev–Trinajstić information content (AvgIpc) is 2.70. The van der Waals surface area contributed by atoms with Crippen LogP contribution in [-0.2, 0) is 11.3 Å². The Labute approximate surface area is 161 Å². The van der Waals surface area contributed by atoms with Gasteiger partial charge < -0.3 is 10.1 Å². The van der Waals surface area contributed by atoms with Gasteiger partial charge in [-0.25, -0.2) is 0 Å². The van der Waals surface area contributed by atoms with Crippen molar-refractivity contribution in [3.8, 4) is 5.75 Å². The molecule has 0 spiro atoms. The van der Waals surface area contributed by atoms with Gasteiger partial charge in [-0.15, -0.1) is 0 Å². The third kappa shape index (κ3) is 5.08. The van der Waals surface area contributed by atoms with Crippen molar-refractivity contribution >= 4 is 11.6 Å². The minimum atomic E-state index is -0.156. The van der Waals surface area contributed by atoms with Crippen molar-refractivity contribution in [3.63, 3.8) is 0 Å². The molecular formula is C22H29N3O2. The Morgan fingerprint density at radius 3 is 2.56 bits per heavy atom. The lowest BCUT2D eigenvalue weighted by Gasteiger charge is -2.37. The van der Waals surface area contributed by atoms with Crippen LogP contribution in [0.15, 0.2) is 48.5 Å². The van der Waals surface area contributed by atoms with Crippen molar-refractivity contribution in [3.05, 3.63) is 59.7 Å². The summed E-state index contributed by atoms with van der Waals surface area (Å²) < 4.78 is 5.21. The molecule has 5 nitrogen and oxygen atoms in total. The van der Waals surface area contributed by atoms with Gasteiger partial charge >= 0.3 is 0 Å². The van der Waals surface area contributed by atoms with Crippen molar-refractivity contribution < 1.29 is 9.53 Å². The number of carbonyl (C=O) groups is 1. The summed E-state index contributed by atoms with van der Waals surface area (Å²) in [7, 11) is 1.62. The molecule has 0 aliphatic carbocycles. The molecule has 3 rings (SSSR count). The number of hydrogen-bond donors (Lipinski definition) is 1. The highest BCUT2D eigenvalue weighted by Gasteiger charge is 2.25. The summed E-state index contributed by atoms with van der Waals surface area (Å²) in [5.74, 6) is 0.765. The molecule has 0 aromatic heterocycles. The number of methoxy groups -OCH3 is 1. The predicted molar refractivity (Wildman–Crippen MR) is 109 cm³/mol. The van der Waals surface area contributed by atoms with E-state index >= 15 is 0 Å². The summed E-state index contributed by atoms with van der Waals surface area (Å²) in [5, 5.41) is 3.00. The van der Waals surface area contributed by atoms with E-state index in [4.69, 9.17) is 4.74 Å². The van der Waals surface area contributed by atoms with E-state index < -0.39 is 0 Å². The van der Waals surface area contributed by atoms with Crippen molar-refractivity contribution in [2.75, 3.05) is 38.6 Å². The maximum absolute atomic E-state index is 12.6. The Morgan fingerprint density at radius 2 is 1.85 bits per heavy atom. The lowest BCUT2D eigenvalue weighted by atomic mass is 10.1. The van der Waals surface area contributed by atoms with Crippen molar-refractivity contribution in [2.45, 2.75) is 26.4 Å². The molecule has 144 valence electrons. The first-order valence-electron chi connectivity index (χ1n) is 9.52. The first-order valence-corrected chi connectivity index (χ1v) is 9.52. The van der Waals surface area contributed by atoms with Crippen LogP contribution in [0.3, 0.4) is 0 Å². The van der Waals surface area contributed by atoms with Crippen LogP contribution in [0.2, 0.25) is 0 Å². The zero-order valence-corrected chi connectivity index (χ0v) is 16.4. The summed E-state index contributed by atoms with van der Waals surface area (Å²) in [6, 6.07) is 15.9. The smallest absolute Gasteiger partial charge is 0.241 e. The van der Waals surface area contributed by atoms with Crippen LogP contribution in [0.4, 0.5) is 5.69 Å². The van der Waals surface area contributed by atoms with Gasteiger partial charge in [0.15, 0.2) is 0 Å². The zero-order chi connectivity index (χ0) is 19.2. The van der Waals surface area contributed by atoms with E-state index in [-0.39, 0.29) is 11.9 Å². The predicted octanol–water partition coefficient (Wildman–Crippen LogP) is 3.15. The van der Waals surface area contributed by atoms with Gasteiger partial charge in [0.25, 0.3) is 0 Å². The highest BCUT2D eigenvalue weighted by Crippen LogP contribution is 2.18. The first-order chi connectivity index (χ1) is 13.1. The quantitative estimate of drug-likeness (QED) is 0.852. The fourth-order valence-electron chi connectivity index (χ4n) is 3.45. The van der Waals surface area contributed by atoms with E-state index in [1.807, 2.05) is 31.2 Å². The number of ether oxygens (including phenoxy) is 1. The number of hydrogen-bond acceptors (Lipinski definition) is 4. The molecule has 1 fully saturated rings. The van der Waals surface area contributed by atoms with Crippen LogP contribution < -0.4 is 10.1 Å². The highest BCUT2D eigenvalue weighted by atomic mass is 16.5. The molecule has 2 aromatic rings. The maximum atomic E-state index is 12.6. The Balaban J connectivity index is 1.51. The van der Waals surface area contributed by atoms with E-state index in [9.17, 15) is 4.79 Å². The van der Waals surface area contributed by atoms with Crippen molar-refractivity contribution in [1.29, 1.82) is 0 Å². The molecule has 1 aliphatic rings. The molecule has 0 bridgehead atoms. The SMILES string of the molecule is COc1cccc(NC(=O)C(C)N2CCN(Cc3ccccc3C)CC2)c1. The van der Waals surface area contributed by atoms with Crippen LogP contribution in [0.5, 0.6) is 5.75 Å². The number of aryl methyl sites for hydroxylation is 1. The van der Waals surface area contributed by atoms with Gasteiger partial charge in [-0.1, -0.05) is 30.3 Å². The van der Waals surface area contributed by atoms with Gasteiger partial charge in [0.1, 0.15) is 5.75 Å². The summed E-state index contributed by atoms with van der Waals surface area (Å²) in [6.07, 6.45) is 0. The number of anilines is 1. The van der Waals surface area contributed by atoms with Gasteiger partial charge in [0, 0.05) is 44.5 Å². The van der Waals surface area contributed by atoms with Gasteiger partial charge in [-0.3, -0.25) is 14.6 Å². The molecule has 1 heterocycles. The monoisotopic (exact) mass is 367 g/mol. The summed E-state index contributed by atoms with van der Waals surface area (Å²) >= 11 is 0. The van der Waals surface area contributed by atoms with Crippen molar-refractivity contribution in [1.82, 2.24) is 9.80 Å². The topological polar surface area (TPSA) is 44.8 Å². The second-order valence-electron chi connectivity index (χ2n) is 7.14. The average molecular weight is 367 g/mol. The number of carbonyl (C=O) groups excluding carboxylic acids is 1. The largest absolute Gasteiger partial charge is 0.497 e. The Kier molecular flexibility index (Phi) is 6.48. The van der Waals surface area contributed by atoms with Gasteiger partial charge in [0.2, 0.25) is 5.91 Å². The van der Waals surface area contributed by atoms with E-state index in [0.29, 0.717) is 0 Å². The lowest BCUT2D eigenvalue weighted by molar-refractivity contribution is -0.121. The van der Waals surface area contributed by atoms with Crippen LogP contribution in [-0.4, -0.2) is 55.0 Å². The molecule has 5 heteroatoms. The molecule has 1 saturated heterocycles. The fourth-order valence-corrected chi connectivity index (χ4v) is 3.45. The Morgan fingerprint density at radius 1 is 1.11 bits per heavy atom. The molecule has 1 atom stereocenters. The Bertz CT molecular complexity index is 770. The second-order valence-corrected chi connectivity index (χ2v) is 7.14. The fraction of sp³-hybridized carbons (Fsp3) is 0.409. The number of piperazine rings is 1. The molecule has 1 aliphatic heterocycles. The first kappa shape index (κ1) is 19.4. The molecule has 1 amide bonds. The lowest BCUT2D eigenvalue weighted by Crippen LogP contribution is -2.52. The van der Waals surface area contributed by atoms with E-state index in [1.54, 1.807) is 7.11 Å². The molecule has 0 saturated carbocycles. The van der Waals surface area contributed by atoms with Gasteiger partial charge in [-0.05, 0) is 37.1 Å². The minimum absolute atomic E-state index is 0.0237. The third-order valence-corrected chi connectivity index (χ3v) is 5.33. The molecule has 2 aromatic carbocycles. The highest BCUT2D eigenvalue weighted by molar-refractivity contribution is 5.94. The minimum Gasteiger partial charge on any atom is -0.497 e. The number of nitrogens with one attached hydrogen (secondary N) is 1. The standard InChI is InChI=1S/C22H29N3O2/c1-17-7-4-5-8-19(17)16-24-11-13-25(14-12-24)18(2)22(26)23-20-9-6-10-21(15-20)27-3/h4-10,15,18H,11-14,16H2,1-3H3,(H,23,26). The molecule has 1 N–H and O–H groups in total. The number of benzene rings is 2. The normalized spacial score (nSPS) is 16.7. The number of amides is 1. The zero-order valence-electron chi connectivity index (χ0n) is 16.4. The van der Waals surface area contributed by atoms with Crippen LogP contribution in [0, 0.1) is 6.92 Å². The molecule has 27 heavy (non-hydrogen) atoms. The number of nitrogens with zero attached hydrogens (tertiary/aromatic N) is 2. The van der Waals surface area contributed by atoms with Gasteiger partial charge in [-0.2, -0.15) is 0 Å². The second kappa shape index (κ2) is 9.02. The van der Waals surface area contributed by atoms with E-state index in [2.05, 4.69) is 46.3 Å². The summed E-state index contributed by atoms with van der Waals surface area (Å²) in [4.78, 5) is 17.3. The third-order valence-electron chi connectivity index (χ3n) is 5.33. The molecule has 0 radical (unpaired) electrons. The van der Waals surface area contributed by atoms with Crippen LogP contribution in [0.25, 0.3) is 0 Å². The maximum Gasteiger partial charge on any atom is 0.241 e. The molecule has 1 unspecified atom stereocenters. The molecular weight excluding hydrogens is 338 g/mol. The van der Waals surface area contributed by atoms with Crippen molar-refractivity contribution in [2.24, 2.45) is 0 Å². The summed E-state index contributed by atoms with van der Waals surface area (Å²) in [5.41, 5.74) is 3.49. The Hall–Kier alpha value is -2.37. The van der Waals surface area contributed by atoms with Crippen LogP contribution in [0.1, 0.15) is 18.1 Å². The van der Waals surface area contributed by atoms with Gasteiger partial charge in [0.05, 0.1) is 13.2 Å². The summed E-state index contributed by atoms with van der Waals surface area (Å²) in [6.45, 7) is 8.88. The number of rotatable bonds is 6. The van der Waals surface area contributed by atoms with E-state index in [1.165, 1.54) is 11.1 Å². The van der Waals surface area contributed by atoms with E-state index in [0.717, 1.165) is 44.2 Å². The van der Waals surface area contributed by atoms with Crippen LogP contribution >= 0.6 is 0 Å².